The summed E-state index contributed by atoms with van der Waals surface area (Å²) < 4.78 is 3.02. The number of H-pyrrole nitrogens is 1. The van der Waals surface area contributed by atoms with E-state index in [1.165, 1.54) is 32.1 Å². The smallest absolute Gasteiger partial charge is 0.226 e. The minimum atomic E-state index is 0.611. The summed E-state index contributed by atoms with van der Waals surface area (Å²) in [5, 5.41) is 7.38. The van der Waals surface area contributed by atoms with E-state index in [1.807, 2.05) is 0 Å². The van der Waals surface area contributed by atoms with E-state index in [1.54, 1.807) is 0 Å². The topological polar surface area (TPSA) is 36.9 Å². The van der Waals surface area contributed by atoms with Crippen molar-refractivity contribution < 1.29 is 0 Å². The van der Waals surface area contributed by atoms with Crippen LogP contribution in [-0.4, -0.2) is 27.4 Å². The summed E-state index contributed by atoms with van der Waals surface area (Å²) >= 11 is 5.32. The zero-order valence-electron chi connectivity index (χ0n) is 9.65. The molecule has 1 N–H and O–H groups in total. The highest BCUT2D eigenvalue weighted by atomic mass is 32.1. The molecule has 0 bridgehead atoms. The van der Waals surface area contributed by atoms with E-state index >= 15 is 0 Å². The maximum atomic E-state index is 5.32. The van der Waals surface area contributed by atoms with Gasteiger partial charge in [0.05, 0.1) is 0 Å². The lowest BCUT2D eigenvalue weighted by atomic mass is 10.2. The lowest BCUT2D eigenvalue weighted by molar-refractivity contribution is 0.610. The predicted octanol–water partition coefficient (Wildman–Crippen LogP) is 2.65. The fourth-order valence-corrected chi connectivity index (χ4v) is 2.96. The van der Waals surface area contributed by atoms with Crippen LogP contribution in [-0.2, 0) is 0 Å². The van der Waals surface area contributed by atoms with Crippen molar-refractivity contribution in [1.29, 1.82) is 0 Å². The summed E-state index contributed by atoms with van der Waals surface area (Å²) in [5.74, 6) is 1.08. The third-order valence-electron chi connectivity index (χ3n) is 3.70. The molecule has 2 aliphatic rings. The van der Waals surface area contributed by atoms with Crippen LogP contribution in [0.25, 0.3) is 0 Å². The molecule has 0 amide bonds. The summed E-state index contributed by atoms with van der Waals surface area (Å²) in [7, 11) is 0. The molecule has 0 spiro atoms. The molecule has 0 aromatic carbocycles. The second-order valence-corrected chi connectivity index (χ2v) is 5.21. The summed E-state index contributed by atoms with van der Waals surface area (Å²) in [6, 6.07) is 1.27. The lowest BCUT2D eigenvalue weighted by Crippen LogP contribution is -2.31. The SMILES string of the molecule is CCC1CCCN1c1n[nH]c(=S)n1C1CC1. The first-order valence-corrected chi connectivity index (χ1v) is 6.65. The molecule has 4 nitrogen and oxygen atoms in total. The van der Waals surface area contributed by atoms with Gasteiger partial charge in [0, 0.05) is 18.6 Å². The van der Waals surface area contributed by atoms with E-state index in [-0.39, 0.29) is 0 Å². The number of anilines is 1. The van der Waals surface area contributed by atoms with Crippen LogP contribution >= 0.6 is 12.2 Å². The molecule has 1 aromatic heterocycles. The number of hydrogen-bond donors (Lipinski definition) is 1. The largest absolute Gasteiger partial charge is 0.338 e. The van der Waals surface area contributed by atoms with Crippen molar-refractivity contribution in [1.82, 2.24) is 14.8 Å². The summed E-state index contributed by atoms with van der Waals surface area (Å²) in [6.07, 6.45) is 6.28. The average Bonchev–Trinajstić information content (AvgIpc) is 2.89. The van der Waals surface area contributed by atoms with Gasteiger partial charge in [0.15, 0.2) is 4.77 Å². The van der Waals surface area contributed by atoms with Crippen molar-refractivity contribution in [2.24, 2.45) is 0 Å². The first-order valence-electron chi connectivity index (χ1n) is 6.24. The number of nitrogens with zero attached hydrogens (tertiary/aromatic N) is 3. The zero-order valence-corrected chi connectivity index (χ0v) is 10.5. The van der Waals surface area contributed by atoms with Gasteiger partial charge in [0.2, 0.25) is 5.95 Å². The first-order chi connectivity index (χ1) is 7.81. The van der Waals surface area contributed by atoms with Gasteiger partial charge in [0.25, 0.3) is 0 Å². The van der Waals surface area contributed by atoms with Gasteiger partial charge in [0.1, 0.15) is 0 Å². The van der Waals surface area contributed by atoms with Crippen LogP contribution in [0.4, 0.5) is 5.95 Å². The van der Waals surface area contributed by atoms with Gasteiger partial charge in [-0.3, -0.25) is 4.57 Å². The van der Waals surface area contributed by atoms with Crippen molar-refractivity contribution in [3.05, 3.63) is 4.77 Å². The van der Waals surface area contributed by atoms with Crippen LogP contribution in [0.1, 0.15) is 45.1 Å². The Labute approximate surface area is 101 Å². The van der Waals surface area contributed by atoms with Crippen molar-refractivity contribution in [3.63, 3.8) is 0 Å². The number of aromatic amines is 1. The van der Waals surface area contributed by atoms with Crippen molar-refractivity contribution >= 4 is 18.2 Å². The first kappa shape index (κ1) is 10.3. The standard InChI is InChI=1S/C11H18N4S/c1-2-8-4-3-7-14(8)10-12-13-11(16)15(10)9-5-6-9/h8-9H,2-7H2,1H3,(H,13,16). The fraction of sp³-hybridized carbons (Fsp3) is 0.818. The quantitative estimate of drug-likeness (QED) is 0.823. The summed E-state index contributed by atoms with van der Waals surface area (Å²) in [5.41, 5.74) is 0. The maximum absolute atomic E-state index is 5.32. The number of nitrogens with one attached hydrogen (secondary N) is 1. The molecule has 16 heavy (non-hydrogen) atoms. The minimum absolute atomic E-state index is 0.611. The maximum Gasteiger partial charge on any atom is 0.226 e. The van der Waals surface area contributed by atoms with Crippen molar-refractivity contribution in [2.45, 2.75) is 51.1 Å². The lowest BCUT2D eigenvalue weighted by Gasteiger charge is -2.24. The van der Waals surface area contributed by atoms with Crippen LogP contribution in [0.15, 0.2) is 0 Å². The van der Waals surface area contributed by atoms with Gasteiger partial charge in [-0.1, -0.05) is 6.92 Å². The van der Waals surface area contributed by atoms with Crippen molar-refractivity contribution in [2.75, 3.05) is 11.4 Å². The van der Waals surface area contributed by atoms with Crippen LogP contribution < -0.4 is 4.90 Å². The van der Waals surface area contributed by atoms with Crippen LogP contribution in [0.2, 0.25) is 0 Å². The van der Waals surface area contributed by atoms with Gasteiger partial charge in [-0.05, 0) is 44.3 Å². The molecule has 2 fully saturated rings. The molecular weight excluding hydrogens is 220 g/mol. The molecule has 1 saturated heterocycles. The molecule has 88 valence electrons. The zero-order chi connectivity index (χ0) is 11.1. The molecule has 1 atom stereocenters. The summed E-state index contributed by atoms with van der Waals surface area (Å²) in [6.45, 7) is 3.39. The molecular formula is C11H18N4S. The highest BCUT2D eigenvalue weighted by molar-refractivity contribution is 7.71. The molecule has 1 aliphatic carbocycles. The molecule has 2 heterocycles. The third kappa shape index (κ3) is 1.57. The second-order valence-electron chi connectivity index (χ2n) is 4.83. The predicted molar refractivity (Wildman–Crippen MR) is 66.3 cm³/mol. The van der Waals surface area contributed by atoms with Gasteiger partial charge in [-0.25, -0.2) is 5.10 Å². The fourth-order valence-electron chi connectivity index (χ4n) is 2.68. The van der Waals surface area contributed by atoms with Crippen LogP contribution in [0, 0.1) is 4.77 Å². The summed E-state index contributed by atoms with van der Waals surface area (Å²) in [4.78, 5) is 2.44. The number of hydrogen-bond acceptors (Lipinski definition) is 3. The van der Waals surface area contributed by atoms with Gasteiger partial charge < -0.3 is 4.90 Å². The molecule has 3 rings (SSSR count). The highest BCUT2D eigenvalue weighted by Crippen LogP contribution is 2.39. The monoisotopic (exact) mass is 238 g/mol. The van der Waals surface area contributed by atoms with E-state index in [4.69, 9.17) is 12.2 Å². The van der Waals surface area contributed by atoms with Crippen molar-refractivity contribution in [3.8, 4) is 0 Å². The highest BCUT2D eigenvalue weighted by Gasteiger charge is 2.32. The van der Waals surface area contributed by atoms with E-state index in [0.29, 0.717) is 12.1 Å². The van der Waals surface area contributed by atoms with E-state index in [9.17, 15) is 0 Å². The Morgan fingerprint density at radius 1 is 1.44 bits per heavy atom. The Balaban J connectivity index is 1.96. The Bertz CT molecular complexity index is 431. The second kappa shape index (κ2) is 3.87. The average molecular weight is 238 g/mol. The molecule has 0 radical (unpaired) electrons. The Morgan fingerprint density at radius 3 is 2.94 bits per heavy atom. The molecule has 1 aliphatic heterocycles. The number of rotatable bonds is 3. The molecule has 5 heteroatoms. The minimum Gasteiger partial charge on any atom is -0.338 e. The third-order valence-corrected chi connectivity index (χ3v) is 3.99. The van der Waals surface area contributed by atoms with Gasteiger partial charge in [-0.2, -0.15) is 0 Å². The van der Waals surface area contributed by atoms with Crippen LogP contribution in [0.3, 0.4) is 0 Å². The van der Waals surface area contributed by atoms with E-state index < -0.39 is 0 Å². The molecule has 1 unspecified atom stereocenters. The Hall–Kier alpha value is -0.840. The Morgan fingerprint density at radius 2 is 2.25 bits per heavy atom. The van der Waals surface area contributed by atoms with E-state index in [0.717, 1.165) is 17.3 Å². The normalized spacial score (nSPS) is 25.3. The van der Waals surface area contributed by atoms with Crippen LogP contribution in [0.5, 0.6) is 0 Å². The van der Waals surface area contributed by atoms with Gasteiger partial charge >= 0.3 is 0 Å². The van der Waals surface area contributed by atoms with Gasteiger partial charge in [-0.15, -0.1) is 5.10 Å². The Kier molecular flexibility index (Phi) is 2.50. The number of aromatic nitrogens is 3. The molecule has 1 aromatic rings. The van der Waals surface area contributed by atoms with E-state index in [2.05, 4.69) is 26.6 Å². The molecule has 1 saturated carbocycles.